The molecule has 26 heavy (non-hydrogen) atoms. The second-order valence-corrected chi connectivity index (χ2v) is 9.45. The van der Waals surface area contributed by atoms with Crippen LogP contribution in [0.5, 0.6) is 5.75 Å². The van der Waals surface area contributed by atoms with Crippen LogP contribution < -0.4 is 15.0 Å². The fraction of sp³-hybridized carbons (Fsp3) is 0.588. The van der Waals surface area contributed by atoms with Crippen LogP contribution in [0.1, 0.15) is 0 Å². The largest absolute Gasteiger partial charge is 0.497 e. The van der Waals surface area contributed by atoms with E-state index in [-0.39, 0.29) is 24.0 Å². The van der Waals surface area contributed by atoms with Crippen molar-refractivity contribution in [1.82, 2.24) is 10.2 Å². The molecule has 2 atom stereocenters. The van der Waals surface area contributed by atoms with E-state index in [1.54, 1.807) is 7.11 Å². The van der Waals surface area contributed by atoms with Crippen LogP contribution in [0.4, 0.5) is 5.69 Å². The second-order valence-electron chi connectivity index (χ2n) is 6.73. The normalized spacial score (nSPS) is 25.8. The summed E-state index contributed by atoms with van der Waals surface area (Å²) in [6.07, 6.45) is 0. The maximum atomic E-state index is 12.2. The summed E-state index contributed by atoms with van der Waals surface area (Å²) >= 11 is 6.04. The molecule has 2 fully saturated rings. The summed E-state index contributed by atoms with van der Waals surface area (Å²) in [6.45, 7) is 3.41. The highest BCUT2D eigenvalue weighted by Crippen LogP contribution is 2.22. The van der Waals surface area contributed by atoms with Crippen LogP contribution in [-0.2, 0) is 14.6 Å². The number of hydrogen-bond acceptors (Lipinski definition) is 6. The van der Waals surface area contributed by atoms with E-state index >= 15 is 0 Å². The van der Waals surface area contributed by atoms with Gasteiger partial charge in [0.2, 0.25) is 5.91 Å². The summed E-state index contributed by atoms with van der Waals surface area (Å²) in [5, 5.41) is 2.22. The van der Waals surface area contributed by atoms with Crippen molar-refractivity contribution in [2.75, 3.05) is 56.2 Å². The molecule has 9 heteroatoms. The van der Waals surface area contributed by atoms with Gasteiger partial charge in [0.15, 0.2) is 9.84 Å². The number of amides is 1. The van der Waals surface area contributed by atoms with Crippen molar-refractivity contribution in [1.29, 1.82) is 0 Å². The standard InChI is InChI=1S/C17H24ClN3O4S/c1-25-14-4-2-3-13(9-14)21-7-5-20(6-8-21)10-17(22)19-16-12-26(23,24)11-15(16)18/h2-4,9,15-16H,5-8,10-12H2,1H3,(H,19,22)/t15-,16+/m1/s1. The molecule has 0 spiro atoms. The lowest BCUT2D eigenvalue weighted by Gasteiger charge is -2.36. The van der Waals surface area contributed by atoms with Crippen molar-refractivity contribution in [3.8, 4) is 5.75 Å². The lowest BCUT2D eigenvalue weighted by Crippen LogP contribution is -2.51. The van der Waals surface area contributed by atoms with Gasteiger partial charge in [-0.05, 0) is 12.1 Å². The van der Waals surface area contributed by atoms with E-state index in [0.29, 0.717) is 0 Å². The van der Waals surface area contributed by atoms with Crippen molar-refractivity contribution >= 4 is 33.0 Å². The molecule has 144 valence electrons. The molecular weight excluding hydrogens is 378 g/mol. The fourth-order valence-corrected chi connectivity index (χ4v) is 5.91. The zero-order valence-electron chi connectivity index (χ0n) is 14.7. The van der Waals surface area contributed by atoms with Gasteiger partial charge in [-0.1, -0.05) is 6.07 Å². The molecule has 0 unspecified atom stereocenters. The van der Waals surface area contributed by atoms with Crippen LogP contribution >= 0.6 is 11.6 Å². The number of alkyl halides is 1. The van der Waals surface area contributed by atoms with Gasteiger partial charge in [-0.2, -0.15) is 0 Å². The summed E-state index contributed by atoms with van der Waals surface area (Å²) < 4.78 is 28.4. The Labute approximate surface area is 159 Å². The highest BCUT2D eigenvalue weighted by molar-refractivity contribution is 7.91. The third kappa shape index (κ3) is 4.81. The first-order valence-electron chi connectivity index (χ1n) is 8.61. The highest BCUT2D eigenvalue weighted by Gasteiger charge is 2.37. The maximum Gasteiger partial charge on any atom is 0.234 e. The fourth-order valence-electron chi connectivity index (χ4n) is 3.36. The predicted molar refractivity (Wildman–Crippen MR) is 102 cm³/mol. The maximum absolute atomic E-state index is 12.2. The van der Waals surface area contributed by atoms with E-state index < -0.39 is 21.3 Å². The Bertz CT molecular complexity index is 750. The summed E-state index contributed by atoms with van der Waals surface area (Å²) in [7, 11) is -1.49. The number of halogens is 1. The number of benzene rings is 1. The summed E-state index contributed by atoms with van der Waals surface area (Å²) in [4.78, 5) is 16.5. The number of nitrogens with zero attached hydrogens (tertiary/aromatic N) is 2. The molecule has 2 heterocycles. The third-order valence-electron chi connectivity index (χ3n) is 4.79. The molecule has 0 bridgehead atoms. The average Bonchev–Trinajstić information content (AvgIpc) is 2.87. The van der Waals surface area contributed by atoms with Gasteiger partial charge in [-0.3, -0.25) is 9.69 Å². The number of carbonyl (C=O) groups is 1. The number of rotatable bonds is 5. The van der Waals surface area contributed by atoms with E-state index in [2.05, 4.69) is 15.1 Å². The SMILES string of the molecule is COc1cccc(N2CCN(CC(=O)N[C@H]3CS(=O)(=O)C[C@H]3Cl)CC2)c1. The van der Waals surface area contributed by atoms with Gasteiger partial charge in [0, 0.05) is 37.9 Å². The van der Waals surface area contributed by atoms with Crippen molar-refractivity contribution < 1.29 is 17.9 Å². The van der Waals surface area contributed by atoms with Crippen molar-refractivity contribution in [3.05, 3.63) is 24.3 Å². The predicted octanol–water partition coefficient (Wildman–Crippen LogP) is 0.338. The number of sulfone groups is 1. The molecule has 2 saturated heterocycles. The minimum absolute atomic E-state index is 0.0707. The quantitative estimate of drug-likeness (QED) is 0.717. The van der Waals surface area contributed by atoms with E-state index in [0.717, 1.165) is 37.6 Å². The zero-order chi connectivity index (χ0) is 18.7. The highest BCUT2D eigenvalue weighted by atomic mass is 35.5. The summed E-state index contributed by atoms with van der Waals surface area (Å²) in [5.41, 5.74) is 1.11. The minimum atomic E-state index is -3.14. The Hall–Kier alpha value is -1.51. The van der Waals surface area contributed by atoms with Crippen LogP contribution in [0.3, 0.4) is 0 Å². The second kappa shape index (κ2) is 8.02. The molecule has 7 nitrogen and oxygen atoms in total. The number of hydrogen-bond donors (Lipinski definition) is 1. The van der Waals surface area contributed by atoms with Crippen molar-refractivity contribution in [2.45, 2.75) is 11.4 Å². The van der Waals surface area contributed by atoms with Crippen molar-refractivity contribution in [2.24, 2.45) is 0 Å². The average molecular weight is 402 g/mol. The van der Waals surface area contributed by atoms with E-state index in [9.17, 15) is 13.2 Å². The van der Waals surface area contributed by atoms with Crippen LogP contribution in [0.25, 0.3) is 0 Å². The smallest absolute Gasteiger partial charge is 0.234 e. The minimum Gasteiger partial charge on any atom is -0.497 e. The van der Waals surface area contributed by atoms with Crippen LogP contribution in [0, 0.1) is 0 Å². The van der Waals surface area contributed by atoms with Gasteiger partial charge in [0.05, 0.1) is 36.6 Å². The van der Waals surface area contributed by atoms with Gasteiger partial charge < -0.3 is 15.0 Å². The lowest BCUT2D eigenvalue weighted by atomic mass is 10.2. The first-order chi connectivity index (χ1) is 12.4. The van der Waals surface area contributed by atoms with Gasteiger partial charge in [-0.25, -0.2) is 8.42 Å². The first kappa shape index (κ1) is 19.3. The van der Waals surface area contributed by atoms with Crippen LogP contribution in [0.15, 0.2) is 24.3 Å². The van der Waals surface area contributed by atoms with Gasteiger partial charge >= 0.3 is 0 Å². The van der Waals surface area contributed by atoms with Crippen molar-refractivity contribution in [3.63, 3.8) is 0 Å². The Morgan fingerprint density at radius 3 is 2.62 bits per heavy atom. The van der Waals surface area contributed by atoms with E-state index in [1.807, 2.05) is 24.3 Å². The van der Waals surface area contributed by atoms with Gasteiger partial charge in [-0.15, -0.1) is 11.6 Å². The molecule has 1 aromatic rings. The molecule has 1 amide bonds. The first-order valence-corrected chi connectivity index (χ1v) is 10.9. The molecule has 1 N–H and O–H groups in total. The molecule has 0 radical (unpaired) electrons. The number of anilines is 1. The Morgan fingerprint density at radius 2 is 2.00 bits per heavy atom. The van der Waals surface area contributed by atoms with Gasteiger partial charge in [0.25, 0.3) is 0 Å². The number of carbonyl (C=O) groups excluding carboxylic acids is 1. The Kier molecular flexibility index (Phi) is 5.94. The molecule has 2 aliphatic rings. The number of methoxy groups -OCH3 is 1. The molecule has 1 aromatic carbocycles. The zero-order valence-corrected chi connectivity index (χ0v) is 16.3. The van der Waals surface area contributed by atoms with Crippen LogP contribution in [-0.4, -0.2) is 82.0 Å². The molecule has 3 rings (SSSR count). The number of piperazine rings is 1. The van der Waals surface area contributed by atoms with E-state index in [4.69, 9.17) is 16.3 Å². The molecular formula is C17H24ClN3O4S. The Morgan fingerprint density at radius 1 is 1.27 bits per heavy atom. The molecule has 0 aliphatic carbocycles. The van der Waals surface area contributed by atoms with Crippen LogP contribution in [0.2, 0.25) is 0 Å². The Balaban J connectivity index is 1.47. The number of ether oxygens (including phenoxy) is 1. The summed E-state index contributed by atoms with van der Waals surface area (Å²) in [5.74, 6) is 0.508. The summed E-state index contributed by atoms with van der Waals surface area (Å²) in [6, 6.07) is 7.44. The monoisotopic (exact) mass is 401 g/mol. The topological polar surface area (TPSA) is 79.0 Å². The lowest BCUT2D eigenvalue weighted by molar-refractivity contribution is -0.122. The van der Waals surface area contributed by atoms with Gasteiger partial charge in [0.1, 0.15) is 5.75 Å². The van der Waals surface area contributed by atoms with E-state index in [1.165, 1.54) is 0 Å². The molecule has 0 saturated carbocycles. The molecule has 0 aromatic heterocycles. The number of nitrogens with one attached hydrogen (secondary N) is 1. The molecule has 2 aliphatic heterocycles. The third-order valence-corrected chi connectivity index (χ3v) is 7.16.